The summed E-state index contributed by atoms with van der Waals surface area (Å²) < 4.78 is 22.9. The molecule has 0 aliphatic carbocycles. The lowest BCUT2D eigenvalue weighted by Gasteiger charge is -2.23. The van der Waals surface area contributed by atoms with E-state index in [2.05, 4.69) is 15.5 Å². The molecular weight excluding hydrogens is 278 g/mol. The highest BCUT2D eigenvalue weighted by Crippen LogP contribution is 2.07. The second-order valence-corrected chi connectivity index (χ2v) is 7.95. The van der Waals surface area contributed by atoms with Gasteiger partial charge in [0.1, 0.15) is 0 Å². The zero-order chi connectivity index (χ0) is 14.4. The van der Waals surface area contributed by atoms with E-state index in [4.69, 9.17) is 0 Å². The van der Waals surface area contributed by atoms with Crippen molar-refractivity contribution in [3.8, 4) is 0 Å². The molecule has 2 heterocycles. The molecule has 0 saturated carbocycles. The zero-order valence-electron chi connectivity index (χ0n) is 11.9. The maximum atomic E-state index is 11.8. The SMILES string of the molecule is O=C(CC1CS(=O)(=O)CCN1)NCCCN1CCCC1. The van der Waals surface area contributed by atoms with Crippen LogP contribution in [-0.4, -0.2) is 69.5 Å². The average Bonchev–Trinajstić information content (AvgIpc) is 2.86. The first-order valence-corrected chi connectivity index (χ1v) is 9.30. The van der Waals surface area contributed by atoms with Gasteiger partial charge in [-0.25, -0.2) is 8.42 Å². The Morgan fingerprint density at radius 1 is 1.30 bits per heavy atom. The molecule has 7 heteroatoms. The Kier molecular flexibility index (Phi) is 5.80. The van der Waals surface area contributed by atoms with Crippen molar-refractivity contribution in [2.24, 2.45) is 0 Å². The van der Waals surface area contributed by atoms with Crippen molar-refractivity contribution < 1.29 is 13.2 Å². The Morgan fingerprint density at radius 2 is 2.05 bits per heavy atom. The molecule has 2 fully saturated rings. The molecule has 2 aliphatic heterocycles. The van der Waals surface area contributed by atoms with Crippen LogP contribution >= 0.6 is 0 Å². The van der Waals surface area contributed by atoms with E-state index >= 15 is 0 Å². The number of rotatable bonds is 6. The Morgan fingerprint density at radius 3 is 2.75 bits per heavy atom. The molecule has 1 atom stereocenters. The van der Waals surface area contributed by atoms with Gasteiger partial charge in [0.2, 0.25) is 5.91 Å². The Balaban J connectivity index is 1.57. The number of sulfone groups is 1. The highest BCUT2D eigenvalue weighted by atomic mass is 32.2. The molecule has 2 aliphatic rings. The third-order valence-corrected chi connectivity index (χ3v) is 5.64. The van der Waals surface area contributed by atoms with Crippen molar-refractivity contribution >= 4 is 15.7 Å². The number of nitrogens with one attached hydrogen (secondary N) is 2. The van der Waals surface area contributed by atoms with Crippen LogP contribution in [0.3, 0.4) is 0 Å². The van der Waals surface area contributed by atoms with Gasteiger partial charge in [0.15, 0.2) is 9.84 Å². The molecule has 20 heavy (non-hydrogen) atoms. The van der Waals surface area contributed by atoms with Gasteiger partial charge in [-0.3, -0.25) is 4.79 Å². The number of amides is 1. The van der Waals surface area contributed by atoms with Crippen LogP contribution in [0.15, 0.2) is 0 Å². The molecular formula is C13H25N3O3S. The predicted octanol–water partition coefficient (Wildman–Crippen LogP) is -0.635. The zero-order valence-corrected chi connectivity index (χ0v) is 12.8. The van der Waals surface area contributed by atoms with Crippen LogP contribution in [-0.2, 0) is 14.6 Å². The monoisotopic (exact) mass is 303 g/mol. The molecule has 0 aromatic heterocycles. The van der Waals surface area contributed by atoms with Crippen molar-refractivity contribution in [2.75, 3.05) is 44.2 Å². The summed E-state index contributed by atoms with van der Waals surface area (Å²) in [6.45, 7) is 4.52. The molecule has 0 bridgehead atoms. The number of carbonyl (C=O) groups excluding carboxylic acids is 1. The first-order valence-electron chi connectivity index (χ1n) is 7.48. The highest BCUT2D eigenvalue weighted by Gasteiger charge is 2.25. The van der Waals surface area contributed by atoms with Gasteiger partial charge in [-0.1, -0.05) is 0 Å². The molecule has 2 saturated heterocycles. The molecule has 0 aromatic carbocycles. The van der Waals surface area contributed by atoms with Gasteiger partial charge >= 0.3 is 0 Å². The Hall–Kier alpha value is -0.660. The molecule has 1 amide bonds. The lowest BCUT2D eigenvalue weighted by Crippen LogP contribution is -2.47. The van der Waals surface area contributed by atoms with Crippen LogP contribution in [0.1, 0.15) is 25.7 Å². The van der Waals surface area contributed by atoms with Crippen molar-refractivity contribution in [2.45, 2.75) is 31.7 Å². The van der Waals surface area contributed by atoms with Crippen molar-refractivity contribution in [3.05, 3.63) is 0 Å². The smallest absolute Gasteiger partial charge is 0.221 e. The van der Waals surface area contributed by atoms with Gasteiger partial charge < -0.3 is 15.5 Å². The molecule has 6 nitrogen and oxygen atoms in total. The van der Waals surface area contributed by atoms with E-state index in [9.17, 15) is 13.2 Å². The van der Waals surface area contributed by atoms with E-state index in [0.29, 0.717) is 13.1 Å². The largest absolute Gasteiger partial charge is 0.356 e. The van der Waals surface area contributed by atoms with Gasteiger partial charge in [-0.15, -0.1) is 0 Å². The van der Waals surface area contributed by atoms with Gasteiger partial charge in [0, 0.05) is 25.6 Å². The molecule has 2 rings (SSSR count). The van der Waals surface area contributed by atoms with Gasteiger partial charge in [-0.2, -0.15) is 0 Å². The summed E-state index contributed by atoms with van der Waals surface area (Å²) in [6, 6.07) is -0.229. The minimum atomic E-state index is -2.96. The lowest BCUT2D eigenvalue weighted by molar-refractivity contribution is -0.121. The molecule has 0 radical (unpaired) electrons. The Bertz CT molecular complexity index is 419. The molecule has 2 N–H and O–H groups in total. The summed E-state index contributed by atoms with van der Waals surface area (Å²) in [6.07, 6.45) is 3.79. The number of likely N-dealkylation sites (tertiary alicyclic amines) is 1. The maximum Gasteiger partial charge on any atom is 0.221 e. The topological polar surface area (TPSA) is 78.5 Å². The fourth-order valence-corrected chi connectivity index (χ4v) is 4.28. The van der Waals surface area contributed by atoms with E-state index in [1.807, 2.05) is 0 Å². The number of carbonyl (C=O) groups is 1. The van der Waals surface area contributed by atoms with Crippen LogP contribution in [0, 0.1) is 0 Å². The molecule has 0 spiro atoms. The van der Waals surface area contributed by atoms with Crippen LogP contribution in [0.4, 0.5) is 0 Å². The molecule has 116 valence electrons. The third-order valence-electron chi connectivity index (χ3n) is 3.90. The van der Waals surface area contributed by atoms with Gasteiger partial charge in [-0.05, 0) is 38.9 Å². The minimum Gasteiger partial charge on any atom is -0.356 e. The summed E-state index contributed by atoms with van der Waals surface area (Å²) in [5.74, 6) is 0.204. The quantitative estimate of drug-likeness (QED) is 0.639. The van der Waals surface area contributed by atoms with Crippen molar-refractivity contribution in [1.82, 2.24) is 15.5 Å². The first kappa shape index (κ1) is 15.7. The second-order valence-electron chi connectivity index (χ2n) is 5.72. The van der Waals surface area contributed by atoms with E-state index in [-0.39, 0.29) is 29.9 Å². The minimum absolute atomic E-state index is 0.0546. The maximum absolute atomic E-state index is 11.8. The van der Waals surface area contributed by atoms with Gasteiger partial charge in [0.05, 0.1) is 11.5 Å². The third kappa shape index (κ3) is 5.38. The molecule has 0 aromatic rings. The van der Waals surface area contributed by atoms with E-state index in [1.54, 1.807) is 0 Å². The summed E-state index contributed by atoms with van der Waals surface area (Å²) in [4.78, 5) is 14.2. The lowest BCUT2D eigenvalue weighted by atomic mass is 10.2. The normalized spacial score (nSPS) is 26.5. The fourth-order valence-electron chi connectivity index (χ4n) is 2.83. The average molecular weight is 303 g/mol. The first-order chi connectivity index (χ1) is 9.55. The number of hydrogen-bond donors (Lipinski definition) is 2. The van der Waals surface area contributed by atoms with E-state index < -0.39 is 9.84 Å². The van der Waals surface area contributed by atoms with Crippen LogP contribution in [0.25, 0.3) is 0 Å². The predicted molar refractivity (Wildman–Crippen MR) is 78.4 cm³/mol. The molecule has 1 unspecified atom stereocenters. The van der Waals surface area contributed by atoms with E-state index in [1.165, 1.54) is 25.9 Å². The number of nitrogens with zero attached hydrogens (tertiary/aromatic N) is 1. The summed E-state index contributed by atoms with van der Waals surface area (Å²) >= 11 is 0. The van der Waals surface area contributed by atoms with Gasteiger partial charge in [0.25, 0.3) is 0 Å². The van der Waals surface area contributed by atoms with E-state index in [0.717, 1.165) is 13.0 Å². The van der Waals surface area contributed by atoms with Crippen LogP contribution in [0.2, 0.25) is 0 Å². The fraction of sp³-hybridized carbons (Fsp3) is 0.923. The standard InChI is InChI=1S/C13H25N3O3S/c17-13(10-12-11-20(18,19)9-5-14-12)15-4-3-8-16-6-1-2-7-16/h12,14H,1-11H2,(H,15,17). The van der Waals surface area contributed by atoms with Crippen LogP contribution in [0.5, 0.6) is 0 Å². The summed E-state index contributed by atoms with van der Waals surface area (Å²) in [5, 5.41) is 5.97. The number of hydrogen-bond acceptors (Lipinski definition) is 5. The summed E-state index contributed by atoms with van der Waals surface area (Å²) in [7, 11) is -2.96. The highest BCUT2D eigenvalue weighted by molar-refractivity contribution is 7.91. The summed E-state index contributed by atoms with van der Waals surface area (Å²) in [5.41, 5.74) is 0. The van der Waals surface area contributed by atoms with Crippen molar-refractivity contribution in [1.29, 1.82) is 0 Å². The van der Waals surface area contributed by atoms with Crippen molar-refractivity contribution in [3.63, 3.8) is 0 Å². The Labute approximate surface area is 121 Å². The van der Waals surface area contributed by atoms with Crippen LogP contribution < -0.4 is 10.6 Å². The second kappa shape index (κ2) is 7.38.